The molecule has 1 heterocycles. The summed E-state index contributed by atoms with van der Waals surface area (Å²) in [7, 11) is 1.39. The number of pyridine rings is 1. The molecule has 0 saturated carbocycles. The zero-order valence-corrected chi connectivity index (χ0v) is 13.9. The fourth-order valence-corrected chi connectivity index (χ4v) is 3.33. The van der Waals surface area contributed by atoms with Gasteiger partial charge in [0.2, 0.25) is 0 Å². The molecule has 3 rings (SSSR count). The predicted octanol–water partition coefficient (Wildman–Crippen LogP) is 4.62. The molecule has 4 heteroatoms. The van der Waals surface area contributed by atoms with Crippen molar-refractivity contribution in [1.82, 2.24) is 4.98 Å². The number of carbonyl (C=O) groups is 1. The maximum atomic E-state index is 11.4. The summed E-state index contributed by atoms with van der Waals surface area (Å²) in [5.41, 5.74) is 3.98. The van der Waals surface area contributed by atoms with E-state index in [-0.39, 0.29) is 5.97 Å². The van der Waals surface area contributed by atoms with Gasteiger partial charge in [-0.3, -0.25) is 0 Å². The minimum atomic E-state index is -0.309. The highest BCUT2D eigenvalue weighted by Gasteiger charge is 2.06. The quantitative estimate of drug-likeness (QED) is 0.519. The summed E-state index contributed by atoms with van der Waals surface area (Å²) in [6.07, 6.45) is 0. The molecule has 0 saturated heterocycles. The lowest BCUT2D eigenvalue weighted by atomic mass is 10.1. The molecule has 0 amide bonds. The van der Waals surface area contributed by atoms with Gasteiger partial charge in [0.25, 0.3) is 0 Å². The van der Waals surface area contributed by atoms with Gasteiger partial charge in [0, 0.05) is 11.1 Å². The maximum absolute atomic E-state index is 11.4. The van der Waals surface area contributed by atoms with Gasteiger partial charge >= 0.3 is 5.97 Å². The predicted molar refractivity (Wildman–Crippen MR) is 93.8 cm³/mol. The summed E-state index contributed by atoms with van der Waals surface area (Å²) in [5, 5.41) is 2.21. The van der Waals surface area contributed by atoms with E-state index in [0.717, 1.165) is 21.9 Å². The molecule has 0 spiro atoms. The fraction of sp³-hybridized carbons (Fsp3) is 0.158. The second kappa shape index (κ2) is 6.84. The third-order valence-electron chi connectivity index (χ3n) is 3.66. The summed E-state index contributed by atoms with van der Waals surface area (Å²) in [5.74, 6) is 0.503. The van der Waals surface area contributed by atoms with Crippen LogP contribution in [0.25, 0.3) is 10.9 Å². The van der Waals surface area contributed by atoms with Crippen LogP contribution in [-0.2, 0) is 10.5 Å². The van der Waals surface area contributed by atoms with Gasteiger partial charge in [-0.25, -0.2) is 9.78 Å². The van der Waals surface area contributed by atoms with E-state index in [2.05, 4.69) is 19.1 Å². The van der Waals surface area contributed by atoms with Crippen LogP contribution >= 0.6 is 11.8 Å². The highest BCUT2D eigenvalue weighted by atomic mass is 32.2. The van der Waals surface area contributed by atoms with E-state index in [9.17, 15) is 4.79 Å². The summed E-state index contributed by atoms with van der Waals surface area (Å²) >= 11 is 1.70. The number of rotatable bonds is 4. The van der Waals surface area contributed by atoms with Crippen molar-refractivity contribution in [2.24, 2.45) is 0 Å². The molecule has 0 bridgehead atoms. The number of aryl methyl sites for hydroxylation is 1. The van der Waals surface area contributed by atoms with Crippen LogP contribution in [-0.4, -0.2) is 18.1 Å². The topological polar surface area (TPSA) is 39.2 Å². The van der Waals surface area contributed by atoms with E-state index in [0.29, 0.717) is 5.56 Å². The van der Waals surface area contributed by atoms with Crippen molar-refractivity contribution in [3.63, 3.8) is 0 Å². The van der Waals surface area contributed by atoms with Crippen molar-refractivity contribution in [2.45, 2.75) is 17.7 Å². The number of hydrogen-bond donors (Lipinski definition) is 0. The van der Waals surface area contributed by atoms with Crippen molar-refractivity contribution in [2.75, 3.05) is 7.11 Å². The average Bonchev–Trinajstić information content (AvgIpc) is 2.60. The van der Waals surface area contributed by atoms with Gasteiger partial charge in [0.05, 0.1) is 23.2 Å². The normalized spacial score (nSPS) is 10.7. The van der Waals surface area contributed by atoms with Gasteiger partial charge < -0.3 is 4.74 Å². The third-order valence-corrected chi connectivity index (χ3v) is 4.64. The lowest BCUT2D eigenvalue weighted by Crippen LogP contribution is -2.00. The minimum absolute atomic E-state index is 0.309. The zero-order valence-electron chi connectivity index (χ0n) is 13.1. The number of para-hydroxylation sites is 1. The highest BCUT2D eigenvalue weighted by molar-refractivity contribution is 7.98. The Hall–Kier alpha value is -2.33. The number of hydrogen-bond acceptors (Lipinski definition) is 4. The van der Waals surface area contributed by atoms with Crippen LogP contribution in [0.15, 0.2) is 59.6 Å². The lowest BCUT2D eigenvalue weighted by Gasteiger charge is -2.07. The second-order valence-corrected chi connectivity index (χ2v) is 6.27. The molecule has 0 unspecified atom stereocenters. The summed E-state index contributed by atoms with van der Waals surface area (Å²) in [6, 6.07) is 17.8. The van der Waals surface area contributed by atoms with Gasteiger partial charge in [-0.05, 0) is 42.3 Å². The Balaban J connectivity index is 1.74. The average molecular weight is 323 g/mol. The van der Waals surface area contributed by atoms with Gasteiger partial charge in [-0.1, -0.05) is 30.3 Å². The zero-order chi connectivity index (χ0) is 16.2. The van der Waals surface area contributed by atoms with Crippen molar-refractivity contribution >= 4 is 28.6 Å². The SMILES string of the molecule is COC(=O)c1ccc(CSc2cc(C)c3ccccc3n2)cc1. The minimum Gasteiger partial charge on any atom is -0.465 e. The van der Waals surface area contributed by atoms with Crippen LogP contribution in [0.2, 0.25) is 0 Å². The number of carbonyl (C=O) groups excluding carboxylic acids is 1. The Morgan fingerprint density at radius 1 is 1.13 bits per heavy atom. The number of thioether (sulfide) groups is 1. The van der Waals surface area contributed by atoms with E-state index in [1.165, 1.54) is 18.1 Å². The Morgan fingerprint density at radius 3 is 2.61 bits per heavy atom. The van der Waals surface area contributed by atoms with E-state index in [4.69, 9.17) is 9.72 Å². The van der Waals surface area contributed by atoms with Crippen LogP contribution in [0.3, 0.4) is 0 Å². The van der Waals surface area contributed by atoms with Crippen LogP contribution in [0.5, 0.6) is 0 Å². The monoisotopic (exact) mass is 323 g/mol. The largest absolute Gasteiger partial charge is 0.465 e. The molecular weight excluding hydrogens is 306 g/mol. The van der Waals surface area contributed by atoms with Crippen LogP contribution < -0.4 is 0 Å². The number of fused-ring (bicyclic) bond motifs is 1. The first-order chi connectivity index (χ1) is 11.2. The summed E-state index contributed by atoms with van der Waals surface area (Å²) < 4.78 is 4.71. The van der Waals surface area contributed by atoms with Crippen LogP contribution in [0, 0.1) is 6.92 Å². The molecule has 3 nitrogen and oxygen atoms in total. The Kier molecular flexibility index (Phi) is 4.63. The first-order valence-electron chi connectivity index (χ1n) is 7.34. The molecule has 2 aromatic carbocycles. The number of aromatic nitrogens is 1. The summed E-state index contributed by atoms with van der Waals surface area (Å²) in [4.78, 5) is 16.1. The molecule has 0 radical (unpaired) electrons. The van der Waals surface area contributed by atoms with Gasteiger partial charge in [-0.15, -0.1) is 11.8 Å². The third kappa shape index (κ3) is 3.54. The number of ether oxygens (including phenoxy) is 1. The molecule has 0 atom stereocenters. The molecule has 0 N–H and O–H groups in total. The molecule has 0 fully saturated rings. The maximum Gasteiger partial charge on any atom is 0.337 e. The molecule has 0 aliphatic carbocycles. The fourth-order valence-electron chi connectivity index (χ4n) is 2.40. The second-order valence-electron chi connectivity index (χ2n) is 5.27. The standard InChI is InChI=1S/C19H17NO2S/c1-13-11-18(20-17-6-4-3-5-16(13)17)23-12-14-7-9-15(10-8-14)19(21)22-2/h3-11H,12H2,1-2H3. The Morgan fingerprint density at radius 2 is 1.87 bits per heavy atom. The van der Waals surface area contributed by atoms with Crippen molar-refractivity contribution in [3.8, 4) is 0 Å². The smallest absolute Gasteiger partial charge is 0.337 e. The molecule has 1 aromatic heterocycles. The van der Waals surface area contributed by atoms with Gasteiger partial charge in [0.15, 0.2) is 0 Å². The molecule has 0 aliphatic rings. The van der Waals surface area contributed by atoms with E-state index in [1.807, 2.05) is 30.3 Å². The number of esters is 1. The van der Waals surface area contributed by atoms with E-state index < -0.39 is 0 Å². The van der Waals surface area contributed by atoms with Gasteiger partial charge in [-0.2, -0.15) is 0 Å². The van der Waals surface area contributed by atoms with Crippen LogP contribution in [0.4, 0.5) is 0 Å². The molecule has 116 valence electrons. The van der Waals surface area contributed by atoms with E-state index >= 15 is 0 Å². The first kappa shape index (κ1) is 15.6. The number of benzene rings is 2. The Bertz CT molecular complexity index is 844. The van der Waals surface area contributed by atoms with Crippen molar-refractivity contribution in [1.29, 1.82) is 0 Å². The van der Waals surface area contributed by atoms with Crippen molar-refractivity contribution in [3.05, 3.63) is 71.3 Å². The molecular formula is C19H17NO2S. The number of methoxy groups -OCH3 is 1. The van der Waals surface area contributed by atoms with E-state index in [1.54, 1.807) is 23.9 Å². The van der Waals surface area contributed by atoms with Crippen molar-refractivity contribution < 1.29 is 9.53 Å². The molecule has 3 aromatic rings. The molecule has 23 heavy (non-hydrogen) atoms. The summed E-state index contributed by atoms with van der Waals surface area (Å²) in [6.45, 7) is 2.11. The highest BCUT2D eigenvalue weighted by Crippen LogP contribution is 2.26. The van der Waals surface area contributed by atoms with Gasteiger partial charge in [0.1, 0.15) is 0 Å². The first-order valence-corrected chi connectivity index (χ1v) is 8.32. The molecule has 0 aliphatic heterocycles. The van der Waals surface area contributed by atoms with Crippen LogP contribution in [0.1, 0.15) is 21.5 Å². The number of nitrogens with zero attached hydrogens (tertiary/aromatic N) is 1. The Labute approximate surface area is 139 Å². The lowest BCUT2D eigenvalue weighted by molar-refractivity contribution is 0.0600.